The van der Waals surface area contributed by atoms with Crippen LogP contribution in [0.25, 0.3) is 0 Å². The van der Waals surface area contributed by atoms with Crippen molar-refractivity contribution in [2.75, 3.05) is 25.2 Å². The summed E-state index contributed by atoms with van der Waals surface area (Å²) in [5, 5.41) is 5.79. The van der Waals surface area contributed by atoms with E-state index in [1.54, 1.807) is 13.0 Å². The summed E-state index contributed by atoms with van der Waals surface area (Å²) in [6, 6.07) is -0.245. The summed E-state index contributed by atoms with van der Waals surface area (Å²) in [6.07, 6.45) is -0.375. The molecule has 0 bridgehead atoms. The van der Waals surface area contributed by atoms with Crippen molar-refractivity contribution in [3.63, 3.8) is 0 Å². The molecular formula is C27H35F3N6O5. The van der Waals surface area contributed by atoms with Gasteiger partial charge in [0.2, 0.25) is 11.8 Å². The minimum atomic E-state index is -4.63. The van der Waals surface area contributed by atoms with Crippen LogP contribution < -0.4 is 16.0 Å². The molecule has 2 aliphatic rings. The Bertz CT molecular complexity index is 1250. The van der Waals surface area contributed by atoms with E-state index in [0.29, 0.717) is 35.8 Å². The molecule has 0 aromatic carbocycles. The largest absolute Gasteiger partial charge is 0.410 e. The molecule has 4 amide bonds. The topological polar surface area (TPSA) is 144 Å². The van der Waals surface area contributed by atoms with Crippen LogP contribution in [-0.2, 0) is 20.7 Å². The molecule has 14 heteroatoms. The maximum absolute atomic E-state index is 13.8. The normalized spacial score (nSPS) is 22.7. The zero-order chi connectivity index (χ0) is 29.9. The highest BCUT2D eigenvalue weighted by atomic mass is 19.4. The van der Waals surface area contributed by atoms with Crippen LogP contribution in [-0.4, -0.2) is 71.4 Å². The monoisotopic (exact) mass is 580 g/mol. The number of aromatic nitrogens is 2. The highest BCUT2D eigenvalue weighted by molar-refractivity contribution is 6.00. The van der Waals surface area contributed by atoms with Crippen LogP contribution in [0.4, 0.5) is 23.8 Å². The van der Waals surface area contributed by atoms with E-state index in [1.807, 2.05) is 5.32 Å². The molecule has 1 aliphatic heterocycles. The number of nitrogens with two attached hydrogens (primary N) is 1. The van der Waals surface area contributed by atoms with Crippen LogP contribution in [0.2, 0.25) is 0 Å². The maximum Gasteiger partial charge on any atom is 0.410 e. The Morgan fingerprint density at radius 1 is 1.27 bits per heavy atom. The fourth-order valence-electron chi connectivity index (χ4n) is 5.64. The van der Waals surface area contributed by atoms with E-state index in [9.17, 15) is 27.6 Å². The number of pyridine rings is 1. The molecule has 1 saturated heterocycles. The molecule has 41 heavy (non-hydrogen) atoms. The van der Waals surface area contributed by atoms with E-state index in [2.05, 4.69) is 17.1 Å². The Morgan fingerprint density at radius 2 is 1.98 bits per heavy atom. The van der Waals surface area contributed by atoms with Gasteiger partial charge in [-0.15, -0.1) is 0 Å². The number of primary amides is 1. The van der Waals surface area contributed by atoms with Gasteiger partial charge in [-0.1, -0.05) is 24.9 Å². The third-order valence-electron chi connectivity index (χ3n) is 7.78. The number of alkyl halides is 3. The van der Waals surface area contributed by atoms with Gasteiger partial charge in [0, 0.05) is 19.4 Å². The van der Waals surface area contributed by atoms with E-state index in [1.165, 1.54) is 30.3 Å². The lowest BCUT2D eigenvalue weighted by Gasteiger charge is -2.37. The van der Waals surface area contributed by atoms with E-state index in [-0.39, 0.29) is 24.8 Å². The molecule has 1 aliphatic carbocycles. The number of carbonyl (C=O) groups is 3. The number of rotatable bonds is 10. The molecule has 2 fully saturated rings. The Hall–Kier alpha value is -3.68. The first-order valence-corrected chi connectivity index (χ1v) is 13.5. The summed E-state index contributed by atoms with van der Waals surface area (Å²) in [6.45, 7) is 3.10. The maximum atomic E-state index is 13.8. The van der Waals surface area contributed by atoms with E-state index in [4.69, 9.17) is 15.0 Å². The van der Waals surface area contributed by atoms with Gasteiger partial charge in [-0.3, -0.25) is 14.5 Å². The van der Waals surface area contributed by atoms with Crippen LogP contribution >= 0.6 is 0 Å². The van der Waals surface area contributed by atoms with E-state index < -0.39 is 48.7 Å². The fourth-order valence-corrected chi connectivity index (χ4v) is 5.64. The third-order valence-corrected chi connectivity index (χ3v) is 7.78. The molecule has 3 N–H and O–H groups in total. The second kappa shape index (κ2) is 12.5. The summed E-state index contributed by atoms with van der Waals surface area (Å²) < 4.78 is 50.6. The first kappa shape index (κ1) is 30.3. The van der Waals surface area contributed by atoms with E-state index >= 15 is 0 Å². The van der Waals surface area contributed by atoms with Gasteiger partial charge in [0.1, 0.15) is 23.7 Å². The standard InChI is InChI=1S/C27H35F3N6O5/c1-15-4-6-17(7-5-15)24(25(31)38)36(23(37)12-19-10-16(2)34-41-19)22-11-18(8-9-32-22)20(14-40-3)35-13-21(27(28,29)30)33-26(35)39/h8-11,15,17,20-21,24H,4-7,12-14H2,1-3H3,(H2,31,38)(H,33,39)/t15?,17?,20?,21-,24?/m0/s1. The molecule has 1 saturated carbocycles. The van der Waals surface area contributed by atoms with Crippen molar-refractivity contribution in [1.29, 1.82) is 0 Å². The highest BCUT2D eigenvalue weighted by Crippen LogP contribution is 2.36. The summed E-state index contributed by atoms with van der Waals surface area (Å²) >= 11 is 0. The van der Waals surface area contributed by atoms with Gasteiger partial charge >= 0.3 is 12.2 Å². The summed E-state index contributed by atoms with van der Waals surface area (Å²) in [5.74, 6) is -0.574. The van der Waals surface area contributed by atoms with Crippen LogP contribution in [0.1, 0.15) is 55.7 Å². The van der Waals surface area contributed by atoms with Crippen molar-refractivity contribution < 1.29 is 36.8 Å². The van der Waals surface area contributed by atoms with Gasteiger partial charge in [-0.25, -0.2) is 9.78 Å². The second-order valence-electron chi connectivity index (χ2n) is 10.9. The number of anilines is 1. The molecule has 2 aromatic heterocycles. The molecule has 0 spiro atoms. The average molecular weight is 581 g/mol. The molecule has 3 heterocycles. The Balaban J connectivity index is 1.72. The van der Waals surface area contributed by atoms with Crippen LogP contribution in [0.15, 0.2) is 28.9 Å². The van der Waals surface area contributed by atoms with Crippen LogP contribution in [0, 0.1) is 18.8 Å². The van der Waals surface area contributed by atoms with Crippen molar-refractivity contribution in [3.05, 3.63) is 41.4 Å². The lowest BCUT2D eigenvalue weighted by Crippen LogP contribution is -2.53. The van der Waals surface area contributed by atoms with Gasteiger partial charge in [0.25, 0.3) is 0 Å². The molecule has 0 radical (unpaired) electrons. The number of halogens is 3. The minimum absolute atomic E-state index is 0.0826. The quantitative estimate of drug-likeness (QED) is 0.439. The molecule has 2 aromatic rings. The summed E-state index contributed by atoms with van der Waals surface area (Å²) in [7, 11) is 1.37. The number of nitrogens with one attached hydrogen (secondary N) is 1. The number of nitrogens with zero attached hydrogens (tertiary/aromatic N) is 4. The number of aryl methyl sites for hydroxylation is 1. The lowest BCUT2D eigenvalue weighted by atomic mass is 9.78. The van der Waals surface area contributed by atoms with Crippen molar-refractivity contribution in [1.82, 2.24) is 20.4 Å². The van der Waals surface area contributed by atoms with Gasteiger partial charge in [0.15, 0.2) is 0 Å². The van der Waals surface area contributed by atoms with Gasteiger partial charge in [-0.05, 0) is 49.3 Å². The number of carbonyl (C=O) groups excluding carboxylic acids is 3. The zero-order valence-electron chi connectivity index (χ0n) is 23.2. The number of ether oxygens (including phenoxy) is 1. The van der Waals surface area contributed by atoms with Gasteiger partial charge in [-0.2, -0.15) is 13.2 Å². The minimum Gasteiger partial charge on any atom is -0.382 e. The molecule has 4 rings (SSSR count). The third kappa shape index (κ3) is 6.97. The predicted octanol–water partition coefficient (Wildman–Crippen LogP) is 3.28. The Kier molecular flexibility index (Phi) is 9.20. The van der Waals surface area contributed by atoms with Crippen molar-refractivity contribution in [2.45, 2.75) is 70.3 Å². The van der Waals surface area contributed by atoms with Gasteiger partial charge < -0.3 is 25.2 Å². The van der Waals surface area contributed by atoms with Gasteiger partial charge in [0.05, 0.1) is 31.3 Å². The summed E-state index contributed by atoms with van der Waals surface area (Å²) in [5.41, 5.74) is 6.87. The number of methoxy groups -OCH3 is 1. The fraction of sp³-hybridized carbons (Fsp3) is 0.593. The van der Waals surface area contributed by atoms with Crippen LogP contribution in [0.5, 0.6) is 0 Å². The van der Waals surface area contributed by atoms with Crippen molar-refractivity contribution >= 4 is 23.7 Å². The lowest BCUT2D eigenvalue weighted by molar-refractivity contribution is -0.150. The number of amides is 4. The smallest absolute Gasteiger partial charge is 0.382 e. The average Bonchev–Trinajstić information content (AvgIpc) is 3.51. The summed E-state index contributed by atoms with van der Waals surface area (Å²) in [4.78, 5) is 46.0. The highest BCUT2D eigenvalue weighted by Gasteiger charge is 2.48. The Labute approximate surface area is 235 Å². The molecule has 3 atom stereocenters. The predicted molar refractivity (Wildman–Crippen MR) is 140 cm³/mol. The van der Waals surface area contributed by atoms with Crippen LogP contribution in [0.3, 0.4) is 0 Å². The zero-order valence-corrected chi connectivity index (χ0v) is 23.2. The molecule has 11 nitrogen and oxygen atoms in total. The number of urea groups is 1. The Morgan fingerprint density at radius 3 is 2.54 bits per heavy atom. The molecular weight excluding hydrogens is 545 g/mol. The SMILES string of the molecule is COCC(c1ccnc(N(C(=O)Cc2cc(C)no2)C(C(N)=O)C2CCC(C)CC2)c1)N1C[C@@H](C(F)(F)F)NC1=O. The first-order chi connectivity index (χ1) is 19.4. The number of hydrogen-bond acceptors (Lipinski definition) is 7. The van der Waals surface area contributed by atoms with Crippen molar-refractivity contribution in [3.8, 4) is 0 Å². The number of hydrogen-bond donors (Lipinski definition) is 2. The molecule has 2 unspecified atom stereocenters. The van der Waals surface area contributed by atoms with Crippen molar-refractivity contribution in [2.24, 2.45) is 17.6 Å². The second-order valence-corrected chi connectivity index (χ2v) is 10.9. The first-order valence-electron chi connectivity index (χ1n) is 13.5. The van der Waals surface area contributed by atoms with E-state index in [0.717, 1.165) is 17.7 Å². The molecule has 224 valence electrons.